The number of carbonyl (C=O) groups is 2. The second-order valence-corrected chi connectivity index (χ2v) is 6.48. The van der Waals surface area contributed by atoms with Crippen LogP contribution in [0.2, 0.25) is 0 Å². The normalized spacial score (nSPS) is 38.2. The van der Waals surface area contributed by atoms with E-state index in [1.165, 1.54) is 18.1 Å². The smallest absolute Gasteiger partial charge is 0.309 e. The van der Waals surface area contributed by atoms with E-state index in [2.05, 4.69) is 12.7 Å². The van der Waals surface area contributed by atoms with Crippen molar-refractivity contribution in [2.24, 2.45) is 23.7 Å². The van der Waals surface area contributed by atoms with Crippen LogP contribution in [0, 0.1) is 23.7 Å². The first-order valence-corrected chi connectivity index (χ1v) is 7.69. The number of allylic oxidation sites excluding steroid dienone is 1. The van der Waals surface area contributed by atoms with Crippen molar-refractivity contribution in [3.63, 3.8) is 0 Å². The van der Waals surface area contributed by atoms with Gasteiger partial charge in [-0.05, 0) is 30.8 Å². The van der Waals surface area contributed by atoms with Crippen molar-refractivity contribution >= 4 is 11.9 Å². The maximum atomic E-state index is 11.9. The van der Waals surface area contributed by atoms with Crippen LogP contribution in [-0.2, 0) is 19.1 Å². The first-order valence-electron chi connectivity index (χ1n) is 7.69. The van der Waals surface area contributed by atoms with Gasteiger partial charge >= 0.3 is 11.9 Å². The molecule has 3 aliphatic rings. The minimum Gasteiger partial charge on any atom is -0.461 e. The van der Waals surface area contributed by atoms with Crippen molar-refractivity contribution in [2.75, 3.05) is 6.61 Å². The quantitative estimate of drug-likeness (QED) is 0.579. The Bertz CT molecular complexity index is 519. The molecule has 3 rings (SSSR count). The van der Waals surface area contributed by atoms with Crippen LogP contribution >= 0.6 is 0 Å². The lowest BCUT2D eigenvalue weighted by atomic mass is 9.79. The molecule has 1 aliphatic heterocycles. The van der Waals surface area contributed by atoms with E-state index >= 15 is 0 Å². The van der Waals surface area contributed by atoms with E-state index in [1.807, 2.05) is 6.92 Å². The average Bonchev–Trinajstić information content (AvgIpc) is 2.87. The van der Waals surface area contributed by atoms with Crippen LogP contribution < -0.4 is 0 Å². The molecule has 0 spiro atoms. The summed E-state index contributed by atoms with van der Waals surface area (Å²) in [5.74, 6) is 0.301. The van der Waals surface area contributed by atoms with Crippen LogP contribution in [-0.4, -0.2) is 24.6 Å². The van der Waals surface area contributed by atoms with E-state index in [0.717, 1.165) is 19.3 Å². The van der Waals surface area contributed by atoms with Crippen LogP contribution in [0.15, 0.2) is 23.8 Å². The monoisotopic (exact) mass is 290 g/mol. The highest BCUT2D eigenvalue weighted by atomic mass is 16.6. The van der Waals surface area contributed by atoms with Gasteiger partial charge in [0.15, 0.2) is 0 Å². The predicted molar refractivity (Wildman–Crippen MR) is 77.2 cm³/mol. The van der Waals surface area contributed by atoms with Crippen molar-refractivity contribution in [1.82, 2.24) is 0 Å². The summed E-state index contributed by atoms with van der Waals surface area (Å²) in [4.78, 5) is 23.0. The van der Waals surface area contributed by atoms with Gasteiger partial charge in [0.05, 0.1) is 5.92 Å². The molecule has 1 saturated carbocycles. The molecule has 0 amide bonds. The maximum absolute atomic E-state index is 11.9. The second kappa shape index (κ2) is 5.32. The molecule has 1 heterocycles. The molecule has 114 valence electrons. The minimum absolute atomic E-state index is 0.0569. The van der Waals surface area contributed by atoms with Crippen LogP contribution in [0.5, 0.6) is 0 Å². The van der Waals surface area contributed by atoms with Gasteiger partial charge in [-0.3, -0.25) is 9.59 Å². The fourth-order valence-corrected chi connectivity index (χ4v) is 4.10. The Morgan fingerprint density at radius 1 is 1.52 bits per heavy atom. The summed E-state index contributed by atoms with van der Waals surface area (Å²) >= 11 is 0. The topological polar surface area (TPSA) is 52.6 Å². The van der Waals surface area contributed by atoms with Crippen molar-refractivity contribution in [1.29, 1.82) is 0 Å². The van der Waals surface area contributed by atoms with Crippen LogP contribution in [0.3, 0.4) is 0 Å². The first-order chi connectivity index (χ1) is 9.99. The highest BCUT2D eigenvalue weighted by molar-refractivity contribution is 5.75. The van der Waals surface area contributed by atoms with Crippen LogP contribution in [0.4, 0.5) is 0 Å². The lowest BCUT2D eigenvalue weighted by Gasteiger charge is -2.27. The van der Waals surface area contributed by atoms with Crippen LogP contribution in [0.25, 0.3) is 0 Å². The van der Waals surface area contributed by atoms with Gasteiger partial charge in [-0.1, -0.05) is 25.2 Å². The van der Waals surface area contributed by atoms with Gasteiger partial charge < -0.3 is 9.47 Å². The third-order valence-corrected chi connectivity index (χ3v) is 5.29. The zero-order chi connectivity index (χ0) is 15.1. The van der Waals surface area contributed by atoms with Gasteiger partial charge in [0, 0.05) is 18.8 Å². The second-order valence-electron chi connectivity index (χ2n) is 6.48. The van der Waals surface area contributed by atoms with E-state index in [1.54, 1.807) is 0 Å². The minimum atomic E-state index is -0.256. The maximum Gasteiger partial charge on any atom is 0.309 e. The summed E-state index contributed by atoms with van der Waals surface area (Å²) in [6.45, 7) is 7.93. The van der Waals surface area contributed by atoms with E-state index in [-0.39, 0.29) is 35.8 Å². The lowest BCUT2D eigenvalue weighted by molar-refractivity contribution is -0.145. The van der Waals surface area contributed by atoms with Crippen molar-refractivity contribution < 1.29 is 19.1 Å². The number of carbonyl (C=O) groups excluding carboxylic acids is 2. The molecule has 21 heavy (non-hydrogen) atoms. The van der Waals surface area contributed by atoms with Gasteiger partial charge in [-0.25, -0.2) is 0 Å². The fraction of sp³-hybridized carbons (Fsp3) is 0.647. The molecule has 0 unspecified atom stereocenters. The van der Waals surface area contributed by atoms with E-state index < -0.39 is 0 Å². The third kappa shape index (κ3) is 2.41. The summed E-state index contributed by atoms with van der Waals surface area (Å²) in [5, 5.41) is 0. The number of esters is 2. The summed E-state index contributed by atoms with van der Waals surface area (Å²) < 4.78 is 10.9. The van der Waals surface area contributed by atoms with Gasteiger partial charge in [0.25, 0.3) is 0 Å². The standard InChI is InChI=1S/C17H22O4/c1-9-4-6-14-12(8-20-11(3)18)5-7-13-10(2)17(19)21-16(13)15(9)14/h5,10,13-16H,1,4,6-8H2,2-3H3/t10-,13+,14+,15+,16+/m1/s1. The van der Waals surface area contributed by atoms with Gasteiger partial charge in [0.2, 0.25) is 0 Å². The Morgan fingerprint density at radius 3 is 3.00 bits per heavy atom. The van der Waals surface area contributed by atoms with Crippen molar-refractivity contribution in [3.8, 4) is 0 Å². The molecule has 2 fully saturated rings. The first kappa shape index (κ1) is 14.4. The molecule has 1 saturated heterocycles. The Kier molecular flexibility index (Phi) is 3.64. The number of hydrogen-bond acceptors (Lipinski definition) is 4. The molecule has 4 heteroatoms. The Labute approximate surface area is 125 Å². The van der Waals surface area contributed by atoms with E-state index in [9.17, 15) is 9.59 Å². The molecule has 0 aromatic rings. The van der Waals surface area contributed by atoms with Crippen molar-refractivity contribution in [3.05, 3.63) is 23.8 Å². The number of rotatable bonds is 2. The molecule has 0 bridgehead atoms. The third-order valence-electron chi connectivity index (χ3n) is 5.29. The lowest BCUT2D eigenvalue weighted by Crippen LogP contribution is -2.30. The predicted octanol–water partition coefficient (Wildman–Crippen LogP) is 2.64. The number of fused-ring (bicyclic) bond motifs is 3. The molecule has 2 aliphatic carbocycles. The molecule has 0 aromatic heterocycles. The summed E-state index contributed by atoms with van der Waals surface area (Å²) in [5.41, 5.74) is 2.35. The van der Waals surface area contributed by atoms with E-state index in [0.29, 0.717) is 12.5 Å². The highest BCUT2D eigenvalue weighted by Gasteiger charge is 2.51. The summed E-state index contributed by atoms with van der Waals surface area (Å²) in [6.07, 6.45) is 4.89. The Morgan fingerprint density at radius 2 is 2.29 bits per heavy atom. The average molecular weight is 290 g/mol. The van der Waals surface area contributed by atoms with Crippen LogP contribution in [0.1, 0.15) is 33.1 Å². The molecular weight excluding hydrogens is 268 g/mol. The SMILES string of the molecule is C=C1CC[C@H]2C(COC(C)=O)=CC[C@@H]3[C@H](OC(=O)[C@@H]3C)[C@@H]12. The molecule has 0 N–H and O–H groups in total. The zero-order valence-electron chi connectivity index (χ0n) is 12.6. The largest absolute Gasteiger partial charge is 0.461 e. The number of ether oxygens (including phenoxy) is 2. The zero-order valence-corrected chi connectivity index (χ0v) is 12.6. The molecule has 0 radical (unpaired) electrons. The summed E-state index contributed by atoms with van der Waals surface area (Å²) in [7, 11) is 0. The Balaban J connectivity index is 1.89. The van der Waals surface area contributed by atoms with Gasteiger partial charge in [-0.2, -0.15) is 0 Å². The molecule has 0 aromatic carbocycles. The van der Waals surface area contributed by atoms with Crippen molar-refractivity contribution in [2.45, 2.75) is 39.2 Å². The molecule has 4 nitrogen and oxygen atoms in total. The Hall–Kier alpha value is -1.58. The molecule has 5 atom stereocenters. The number of hydrogen-bond donors (Lipinski definition) is 0. The summed E-state index contributed by atoms with van der Waals surface area (Å²) in [6, 6.07) is 0. The van der Waals surface area contributed by atoms with E-state index in [4.69, 9.17) is 9.47 Å². The molecular formula is C17H22O4. The highest BCUT2D eigenvalue weighted by Crippen LogP contribution is 2.50. The van der Waals surface area contributed by atoms with Gasteiger partial charge in [-0.15, -0.1) is 0 Å². The fourth-order valence-electron chi connectivity index (χ4n) is 4.10. The van der Waals surface area contributed by atoms with Gasteiger partial charge in [0.1, 0.15) is 12.7 Å².